The van der Waals surface area contributed by atoms with Crippen molar-refractivity contribution in [2.75, 3.05) is 20.7 Å². The Labute approximate surface area is 110 Å². The standard InChI is InChI=1S/C14H26N2O2/c1-5-14(6-2)11(9-12(14)18-4)15-10-7-8-16(3)13(10)17/h10-12,15H,5-9H2,1-4H3/t10-,11-,12+/m1/s1. The molecule has 0 aromatic rings. The van der Waals surface area contributed by atoms with Gasteiger partial charge in [0.25, 0.3) is 0 Å². The first-order valence-corrected chi connectivity index (χ1v) is 7.12. The number of hydrogen-bond acceptors (Lipinski definition) is 3. The minimum absolute atomic E-state index is 0.0234. The number of nitrogens with zero attached hydrogens (tertiary/aromatic N) is 1. The minimum Gasteiger partial charge on any atom is -0.381 e. The summed E-state index contributed by atoms with van der Waals surface area (Å²) in [6, 6.07) is 0.452. The fourth-order valence-corrected chi connectivity index (χ4v) is 3.73. The summed E-state index contributed by atoms with van der Waals surface area (Å²) in [7, 11) is 3.69. The molecule has 1 saturated carbocycles. The quantitative estimate of drug-likeness (QED) is 0.806. The van der Waals surface area contributed by atoms with Crippen molar-refractivity contribution >= 4 is 5.91 Å². The molecule has 2 fully saturated rings. The Balaban J connectivity index is 2.00. The molecule has 1 aliphatic heterocycles. The van der Waals surface area contributed by atoms with Crippen LogP contribution in [0.4, 0.5) is 0 Å². The maximum Gasteiger partial charge on any atom is 0.239 e. The smallest absolute Gasteiger partial charge is 0.239 e. The number of rotatable bonds is 5. The lowest BCUT2D eigenvalue weighted by Crippen LogP contribution is -2.65. The summed E-state index contributed by atoms with van der Waals surface area (Å²) in [6.07, 6.45) is 4.53. The van der Waals surface area contributed by atoms with E-state index in [9.17, 15) is 4.79 Å². The number of nitrogens with one attached hydrogen (secondary N) is 1. The fraction of sp³-hybridized carbons (Fsp3) is 0.929. The largest absolute Gasteiger partial charge is 0.381 e. The van der Waals surface area contributed by atoms with E-state index in [1.807, 2.05) is 11.9 Å². The van der Waals surface area contributed by atoms with Gasteiger partial charge >= 0.3 is 0 Å². The Morgan fingerprint density at radius 3 is 2.56 bits per heavy atom. The average Bonchev–Trinajstić information content (AvgIpc) is 2.67. The van der Waals surface area contributed by atoms with Crippen LogP contribution in [0, 0.1) is 5.41 Å². The fourth-order valence-electron chi connectivity index (χ4n) is 3.73. The van der Waals surface area contributed by atoms with Gasteiger partial charge in [0.2, 0.25) is 5.91 Å². The molecule has 4 nitrogen and oxygen atoms in total. The summed E-state index contributed by atoms with van der Waals surface area (Å²) in [5.74, 6) is 0.247. The van der Waals surface area contributed by atoms with Crippen LogP contribution in [-0.4, -0.2) is 49.7 Å². The van der Waals surface area contributed by atoms with Crippen molar-refractivity contribution in [3.8, 4) is 0 Å². The van der Waals surface area contributed by atoms with Crippen LogP contribution < -0.4 is 5.32 Å². The maximum absolute atomic E-state index is 12.0. The Bertz CT molecular complexity index is 315. The zero-order valence-electron chi connectivity index (χ0n) is 12.0. The predicted octanol–water partition coefficient (Wildman–Crippen LogP) is 1.40. The highest BCUT2D eigenvalue weighted by molar-refractivity contribution is 5.83. The van der Waals surface area contributed by atoms with Crippen LogP contribution in [0.5, 0.6) is 0 Å². The first kappa shape index (κ1) is 13.8. The van der Waals surface area contributed by atoms with E-state index in [1.54, 1.807) is 7.11 Å². The summed E-state index contributed by atoms with van der Waals surface area (Å²) in [4.78, 5) is 13.8. The van der Waals surface area contributed by atoms with E-state index in [-0.39, 0.29) is 17.4 Å². The van der Waals surface area contributed by atoms with E-state index >= 15 is 0 Å². The van der Waals surface area contributed by atoms with Gasteiger partial charge < -0.3 is 15.0 Å². The minimum atomic E-state index is 0.0234. The van der Waals surface area contributed by atoms with Crippen LogP contribution in [0.25, 0.3) is 0 Å². The first-order chi connectivity index (χ1) is 8.58. The Morgan fingerprint density at radius 1 is 1.44 bits per heavy atom. The van der Waals surface area contributed by atoms with Gasteiger partial charge in [-0.15, -0.1) is 0 Å². The third-order valence-corrected chi connectivity index (χ3v) is 5.22. The van der Waals surface area contributed by atoms with E-state index in [0.29, 0.717) is 12.1 Å². The molecule has 2 aliphatic rings. The molecule has 1 heterocycles. The number of likely N-dealkylation sites (tertiary alicyclic amines) is 1. The topological polar surface area (TPSA) is 41.6 Å². The Morgan fingerprint density at radius 2 is 2.11 bits per heavy atom. The molecule has 0 spiro atoms. The number of amides is 1. The molecular formula is C14H26N2O2. The highest BCUT2D eigenvalue weighted by Crippen LogP contribution is 2.49. The van der Waals surface area contributed by atoms with Gasteiger partial charge in [0.1, 0.15) is 0 Å². The molecule has 1 aliphatic carbocycles. The van der Waals surface area contributed by atoms with Gasteiger partial charge in [0.05, 0.1) is 12.1 Å². The molecule has 104 valence electrons. The molecule has 4 heteroatoms. The lowest BCUT2D eigenvalue weighted by molar-refractivity contribution is -0.137. The van der Waals surface area contributed by atoms with Gasteiger partial charge in [-0.1, -0.05) is 13.8 Å². The van der Waals surface area contributed by atoms with Crippen molar-refractivity contribution in [3.63, 3.8) is 0 Å². The second kappa shape index (κ2) is 5.17. The number of carbonyl (C=O) groups is 1. The van der Waals surface area contributed by atoms with Crippen LogP contribution in [0.15, 0.2) is 0 Å². The van der Waals surface area contributed by atoms with E-state index in [2.05, 4.69) is 19.2 Å². The van der Waals surface area contributed by atoms with E-state index in [0.717, 1.165) is 32.2 Å². The molecule has 1 saturated heterocycles. The molecule has 1 amide bonds. The summed E-state index contributed by atoms with van der Waals surface area (Å²) in [5.41, 5.74) is 0.218. The molecule has 0 unspecified atom stereocenters. The predicted molar refractivity (Wildman–Crippen MR) is 71.4 cm³/mol. The van der Waals surface area contributed by atoms with E-state index in [4.69, 9.17) is 4.74 Å². The highest BCUT2D eigenvalue weighted by Gasteiger charge is 2.54. The number of ether oxygens (including phenoxy) is 1. The zero-order chi connectivity index (χ0) is 13.3. The Hall–Kier alpha value is -0.610. The van der Waals surface area contributed by atoms with E-state index in [1.165, 1.54) is 0 Å². The van der Waals surface area contributed by atoms with Crippen molar-refractivity contribution in [2.24, 2.45) is 5.41 Å². The monoisotopic (exact) mass is 254 g/mol. The van der Waals surface area contributed by atoms with Crippen LogP contribution in [0.3, 0.4) is 0 Å². The van der Waals surface area contributed by atoms with Crippen molar-refractivity contribution in [1.29, 1.82) is 0 Å². The molecule has 0 aromatic heterocycles. The van der Waals surface area contributed by atoms with Gasteiger partial charge in [-0.2, -0.15) is 0 Å². The van der Waals surface area contributed by atoms with Crippen LogP contribution >= 0.6 is 0 Å². The van der Waals surface area contributed by atoms with E-state index < -0.39 is 0 Å². The molecular weight excluding hydrogens is 228 g/mol. The van der Waals surface area contributed by atoms with Gasteiger partial charge in [-0.3, -0.25) is 4.79 Å². The summed E-state index contributed by atoms with van der Waals surface area (Å²) >= 11 is 0. The number of carbonyl (C=O) groups excluding carboxylic acids is 1. The van der Waals surface area contributed by atoms with Gasteiger partial charge in [0.15, 0.2) is 0 Å². The van der Waals surface area contributed by atoms with Gasteiger partial charge in [-0.25, -0.2) is 0 Å². The van der Waals surface area contributed by atoms with Gasteiger partial charge in [-0.05, 0) is 25.7 Å². The SMILES string of the molecule is CCC1(CC)[C@@H](OC)C[C@H]1N[C@@H]1CCN(C)C1=O. The molecule has 1 N–H and O–H groups in total. The van der Waals surface area contributed by atoms with Crippen molar-refractivity contribution in [1.82, 2.24) is 10.2 Å². The third-order valence-electron chi connectivity index (χ3n) is 5.22. The lowest BCUT2D eigenvalue weighted by Gasteiger charge is -2.55. The van der Waals surface area contributed by atoms with Crippen molar-refractivity contribution in [2.45, 2.75) is 57.7 Å². The Kier molecular flexibility index (Phi) is 3.97. The zero-order valence-corrected chi connectivity index (χ0v) is 12.0. The van der Waals surface area contributed by atoms with Crippen LogP contribution in [0.1, 0.15) is 39.5 Å². The molecule has 2 rings (SSSR count). The summed E-state index contributed by atoms with van der Waals surface area (Å²) in [6.45, 7) is 5.33. The molecule has 0 radical (unpaired) electrons. The number of hydrogen-bond donors (Lipinski definition) is 1. The highest BCUT2D eigenvalue weighted by atomic mass is 16.5. The maximum atomic E-state index is 12.0. The van der Waals surface area contributed by atoms with Gasteiger partial charge in [0, 0.05) is 32.2 Å². The number of methoxy groups -OCH3 is 1. The second-order valence-corrected chi connectivity index (χ2v) is 5.72. The summed E-state index contributed by atoms with van der Waals surface area (Å²) < 4.78 is 5.59. The molecule has 0 aromatic carbocycles. The molecule has 3 atom stereocenters. The van der Waals surface area contributed by atoms with Crippen LogP contribution in [-0.2, 0) is 9.53 Å². The third kappa shape index (κ3) is 1.95. The summed E-state index contributed by atoms with van der Waals surface area (Å²) in [5, 5.41) is 3.58. The van der Waals surface area contributed by atoms with Crippen LogP contribution in [0.2, 0.25) is 0 Å². The first-order valence-electron chi connectivity index (χ1n) is 7.12. The molecule has 0 bridgehead atoms. The van der Waals surface area contributed by atoms with Crippen molar-refractivity contribution < 1.29 is 9.53 Å². The second-order valence-electron chi connectivity index (χ2n) is 5.72. The normalized spacial score (nSPS) is 34.8. The average molecular weight is 254 g/mol. The lowest BCUT2D eigenvalue weighted by atomic mass is 9.58. The molecule has 18 heavy (non-hydrogen) atoms. The number of likely N-dealkylation sites (N-methyl/N-ethyl adjacent to an activating group) is 1. The van der Waals surface area contributed by atoms with Crippen molar-refractivity contribution in [3.05, 3.63) is 0 Å².